The van der Waals surface area contributed by atoms with Crippen molar-refractivity contribution in [3.8, 4) is 0 Å². The summed E-state index contributed by atoms with van der Waals surface area (Å²) >= 11 is 0. The Balaban J connectivity index is 2.25. The summed E-state index contributed by atoms with van der Waals surface area (Å²) in [5.41, 5.74) is -0.481. The van der Waals surface area contributed by atoms with Gasteiger partial charge in [-0.15, -0.1) is 0 Å². The summed E-state index contributed by atoms with van der Waals surface area (Å²) in [6.45, 7) is 9.08. The number of carbonyl (C=O) groups excluding carboxylic acids is 2. The van der Waals surface area contributed by atoms with Gasteiger partial charge in [-0.05, 0) is 6.42 Å². The molecule has 1 saturated heterocycles. The molecule has 1 aliphatic heterocycles. The molecule has 1 N–H and O–H groups in total. The van der Waals surface area contributed by atoms with Gasteiger partial charge in [0, 0.05) is 40.1 Å². The van der Waals surface area contributed by atoms with Gasteiger partial charge in [-0.3, -0.25) is 23.9 Å². The number of nitrogens with zero attached hydrogens (tertiary/aromatic N) is 1. The summed E-state index contributed by atoms with van der Waals surface area (Å²) in [7, 11) is -1.36. The molecule has 10 heteroatoms. The van der Waals surface area contributed by atoms with Crippen LogP contribution >= 0.6 is 0 Å². The van der Waals surface area contributed by atoms with Crippen LogP contribution in [0.15, 0.2) is 15.8 Å². The molecule has 1 aliphatic rings. The molecule has 0 aliphatic carbocycles. The van der Waals surface area contributed by atoms with Crippen molar-refractivity contribution in [1.29, 1.82) is 0 Å². The van der Waals surface area contributed by atoms with E-state index in [2.05, 4.69) is 24.6 Å². The molecule has 0 aromatic carbocycles. The van der Waals surface area contributed by atoms with Crippen molar-refractivity contribution < 1.29 is 23.8 Å². The molecule has 1 aromatic rings. The topological polar surface area (TPSA) is 117 Å². The Morgan fingerprint density at radius 2 is 1.93 bits per heavy atom. The molecular formula is C18H28N2O7Si. The van der Waals surface area contributed by atoms with Gasteiger partial charge in [-0.1, -0.05) is 25.7 Å². The van der Waals surface area contributed by atoms with E-state index in [0.29, 0.717) is 12.0 Å². The lowest BCUT2D eigenvalue weighted by atomic mass is 10.2. The molecule has 0 amide bonds. The number of carbonyl (C=O) groups is 2. The van der Waals surface area contributed by atoms with E-state index < -0.39 is 49.7 Å². The van der Waals surface area contributed by atoms with E-state index in [-0.39, 0.29) is 13.0 Å². The van der Waals surface area contributed by atoms with Crippen LogP contribution in [0.5, 0.6) is 0 Å². The first-order valence-electron chi connectivity index (χ1n) is 9.26. The molecule has 1 fully saturated rings. The summed E-state index contributed by atoms with van der Waals surface area (Å²) in [5.74, 6) is -0.977. The van der Waals surface area contributed by atoms with Gasteiger partial charge < -0.3 is 14.2 Å². The Hall–Kier alpha value is -2.20. The van der Waals surface area contributed by atoms with Gasteiger partial charge in [0.1, 0.15) is 25.0 Å². The van der Waals surface area contributed by atoms with E-state index >= 15 is 0 Å². The lowest BCUT2D eigenvalue weighted by molar-refractivity contribution is -0.155. The van der Waals surface area contributed by atoms with Gasteiger partial charge >= 0.3 is 17.6 Å². The van der Waals surface area contributed by atoms with Crippen LogP contribution in [0, 0.1) is 0 Å². The number of ether oxygens (including phenoxy) is 3. The second-order valence-electron chi connectivity index (χ2n) is 8.20. The molecule has 1 aromatic heterocycles. The second-order valence-corrected chi connectivity index (χ2v) is 13.8. The first kappa shape index (κ1) is 22.1. The van der Waals surface area contributed by atoms with Crippen LogP contribution in [-0.2, 0) is 30.2 Å². The Kier molecular flexibility index (Phi) is 6.99. The van der Waals surface area contributed by atoms with E-state index in [0.717, 1.165) is 6.04 Å². The number of H-pyrrole nitrogens is 1. The minimum Gasteiger partial charge on any atom is -0.463 e. The van der Waals surface area contributed by atoms with Crippen molar-refractivity contribution in [2.45, 2.75) is 70.8 Å². The van der Waals surface area contributed by atoms with Crippen LogP contribution in [0.25, 0.3) is 0 Å². The molecule has 9 nitrogen and oxygen atoms in total. The predicted octanol–water partition coefficient (Wildman–Crippen LogP) is 1.20. The number of aromatic amines is 1. The van der Waals surface area contributed by atoms with Crippen LogP contribution in [0.1, 0.15) is 32.1 Å². The number of hydrogen-bond acceptors (Lipinski definition) is 7. The summed E-state index contributed by atoms with van der Waals surface area (Å²) in [5, 5.41) is 0. The fourth-order valence-electron chi connectivity index (χ4n) is 2.99. The molecule has 0 unspecified atom stereocenters. The number of nitrogens with one attached hydrogen (secondary N) is 1. The average molecular weight is 413 g/mol. The van der Waals surface area contributed by atoms with Gasteiger partial charge in [0.25, 0.3) is 5.56 Å². The predicted molar refractivity (Wildman–Crippen MR) is 104 cm³/mol. The number of esters is 2. The van der Waals surface area contributed by atoms with Crippen LogP contribution in [0.4, 0.5) is 0 Å². The molecule has 156 valence electrons. The zero-order valence-electron chi connectivity index (χ0n) is 16.9. The van der Waals surface area contributed by atoms with Gasteiger partial charge in [-0.25, -0.2) is 4.79 Å². The zero-order chi connectivity index (χ0) is 21.1. The smallest absolute Gasteiger partial charge is 0.330 e. The normalized spacial score (nSPS) is 22.1. The van der Waals surface area contributed by atoms with Crippen molar-refractivity contribution in [3.63, 3.8) is 0 Å². The summed E-state index contributed by atoms with van der Waals surface area (Å²) in [6.07, 6.45) is 0.214. The molecule has 28 heavy (non-hydrogen) atoms. The third kappa shape index (κ3) is 6.16. The van der Waals surface area contributed by atoms with E-state index in [9.17, 15) is 19.2 Å². The lowest BCUT2D eigenvalue weighted by Crippen LogP contribution is -2.35. The summed E-state index contributed by atoms with van der Waals surface area (Å²) in [6, 6.07) is 0.908. The van der Waals surface area contributed by atoms with Crippen molar-refractivity contribution in [2.24, 2.45) is 0 Å². The SMILES string of the molecule is CC(=O)OC[C@H]1O[C@@H](n2cc(CC[Si](C)(C)C)c(=O)[nH]c2=O)C[C@@H]1OC(C)=O. The van der Waals surface area contributed by atoms with E-state index in [1.165, 1.54) is 24.6 Å². The minimum atomic E-state index is -1.36. The first-order chi connectivity index (χ1) is 13.0. The molecule has 2 heterocycles. The fourth-order valence-corrected chi connectivity index (χ4v) is 4.01. The minimum absolute atomic E-state index is 0.0929. The molecule has 2 rings (SSSR count). The molecule has 0 spiro atoms. The Labute approximate surface area is 164 Å². The van der Waals surface area contributed by atoms with Crippen LogP contribution < -0.4 is 11.2 Å². The maximum absolute atomic E-state index is 12.3. The Morgan fingerprint density at radius 1 is 1.25 bits per heavy atom. The number of hydrogen-bond donors (Lipinski definition) is 1. The molecule has 0 saturated carbocycles. The van der Waals surface area contributed by atoms with Crippen molar-refractivity contribution in [2.75, 3.05) is 6.61 Å². The third-order valence-electron chi connectivity index (χ3n) is 4.44. The maximum Gasteiger partial charge on any atom is 0.330 e. The zero-order valence-corrected chi connectivity index (χ0v) is 17.9. The van der Waals surface area contributed by atoms with Crippen molar-refractivity contribution in [1.82, 2.24) is 9.55 Å². The number of aryl methyl sites for hydroxylation is 1. The monoisotopic (exact) mass is 412 g/mol. The Bertz CT molecular complexity index is 840. The molecule has 0 bridgehead atoms. The van der Waals surface area contributed by atoms with Gasteiger partial charge in [0.2, 0.25) is 0 Å². The third-order valence-corrected chi connectivity index (χ3v) is 6.19. The van der Waals surface area contributed by atoms with Gasteiger partial charge in [0.05, 0.1) is 0 Å². The van der Waals surface area contributed by atoms with E-state index in [1.54, 1.807) is 0 Å². The fraction of sp³-hybridized carbons (Fsp3) is 0.667. The average Bonchev–Trinajstić information content (AvgIpc) is 2.93. The highest BCUT2D eigenvalue weighted by Crippen LogP contribution is 2.30. The lowest BCUT2D eigenvalue weighted by Gasteiger charge is -2.18. The van der Waals surface area contributed by atoms with Crippen molar-refractivity contribution in [3.05, 3.63) is 32.6 Å². The van der Waals surface area contributed by atoms with Gasteiger partial charge in [0.15, 0.2) is 0 Å². The number of aromatic nitrogens is 2. The van der Waals surface area contributed by atoms with Crippen molar-refractivity contribution >= 4 is 20.0 Å². The van der Waals surface area contributed by atoms with Crippen LogP contribution in [-0.4, -0.2) is 48.4 Å². The summed E-state index contributed by atoms with van der Waals surface area (Å²) < 4.78 is 17.4. The molecule has 3 atom stereocenters. The highest BCUT2D eigenvalue weighted by atomic mass is 28.3. The van der Waals surface area contributed by atoms with Gasteiger partial charge in [-0.2, -0.15) is 0 Å². The largest absolute Gasteiger partial charge is 0.463 e. The summed E-state index contributed by atoms with van der Waals surface area (Å²) in [4.78, 5) is 49.3. The van der Waals surface area contributed by atoms with E-state index in [1.807, 2.05) is 0 Å². The maximum atomic E-state index is 12.3. The molecule has 0 radical (unpaired) electrons. The highest BCUT2D eigenvalue weighted by molar-refractivity contribution is 6.76. The van der Waals surface area contributed by atoms with Crippen LogP contribution in [0.3, 0.4) is 0 Å². The van der Waals surface area contributed by atoms with Crippen LogP contribution in [0.2, 0.25) is 25.7 Å². The second kappa shape index (κ2) is 8.87. The highest BCUT2D eigenvalue weighted by Gasteiger charge is 2.39. The standard InChI is InChI=1S/C18H28N2O7Si/c1-11(21)25-10-15-14(26-12(2)22)8-16(27-15)20-9-13(6-7-28(3,4)5)17(23)19-18(20)24/h9,14-16H,6-8,10H2,1-5H3,(H,19,23,24)/t14-,15+,16+/m0/s1. The quantitative estimate of drug-likeness (QED) is 0.528. The first-order valence-corrected chi connectivity index (χ1v) is 13.0. The Morgan fingerprint density at radius 3 is 2.50 bits per heavy atom. The molecular weight excluding hydrogens is 384 g/mol. The van der Waals surface area contributed by atoms with E-state index in [4.69, 9.17) is 14.2 Å². The number of rotatable bonds is 7.